The van der Waals surface area contributed by atoms with Crippen molar-refractivity contribution in [2.24, 2.45) is 0 Å². The zero-order valence-electron chi connectivity index (χ0n) is 14.3. The molecule has 0 bridgehead atoms. The van der Waals surface area contributed by atoms with Crippen LogP contribution in [0.5, 0.6) is 5.75 Å². The van der Waals surface area contributed by atoms with Crippen LogP contribution in [0.4, 0.5) is 5.69 Å². The minimum Gasteiger partial charge on any atom is -0.427 e. The molecule has 2 aromatic rings. The van der Waals surface area contributed by atoms with E-state index in [1.54, 1.807) is 35.2 Å². The molecule has 1 aromatic carbocycles. The van der Waals surface area contributed by atoms with E-state index >= 15 is 0 Å². The predicted octanol–water partition coefficient (Wildman–Crippen LogP) is 2.99. The smallest absolute Gasteiger partial charge is 0.311 e. The number of ether oxygens (including phenoxy) is 1. The molecule has 1 aliphatic rings. The molecule has 3 rings (SSSR count). The molecule has 2 heterocycles. The maximum atomic E-state index is 11.9. The van der Waals surface area contributed by atoms with Crippen LogP contribution in [0.1, 0.15) is 35.4 Å². The van der Waals surface area contributed by atoms with Gasteiger partial charge in [-0.1, -0.05) is 6.07 Å². The van der Waals surface area contributed by atoms with Crippen molar-refractivity contribution < 1.29 is 19.1 Å². The van der Waals surface area contributed by atoms with Gasteiger partial charge in [-0.15, -0.1) is 11.3 Å². The summed E-state index contributed by atoms with van der Waals surface area (Å²) in [6.07, 6.45) is 2.19. The molecule has 1 aromatic heterocycles. The lowest BCUT2D eigenvalue weighted by molar-refractivity contribution is -0.134. The molecule has 2 amide bonds. The number of amides is 2. The molecule has 0 aliphatic carbocycles. The first kappa shape index (κ1) is 18.1. The first-order valence-corrected chi connectivity index (χ1v) is 9.44. The number of rotatable bonds is 7. The van der Waals surface area contributed by atoms with Crippen molar-refractivity contribution in [2.75, 3.05) is 18.0 Å². The first-order valence-electron chi connectivity index (χ1n) is 8.56. The summed E-state index contributed by atoms with van der Waals surface area (Å²) in [5.41, 5.74) is 0.823. The Bertz CT molecular complexity index is 771. The molecule has 0 spiro atoms. The van der Waals surface area contributed by atoms with Crippen LogP contribution in [0.15, 0.2) is 41.8 Å². The monoisotopic (exact) mass is 372 g/mol. The number of carbonyl (C=O) groups is 3. The third-order valence-electron chi connectivity index (χ3n) is 4.04. The Kier molecular flexibility index (Phi) is 6.01. The minimum atomic E-state index is -0.347. The molecule has 0 unspecified atom stereocenters. The number of benzene rings is 1. The fourth-order valence-electron chi connectivity index (χ4n) is 2.73. The van der Waals surface area contributed by atoms with Gasteiger partial charge in [0.15, 0.2) is 0 Å². The van der Waals surface area contributed by atoms with E-state index in [4.69, 9.17) is 4.74 Å². The molecule has 1 aliphatic heterocycles. The summed E-state index contributed by atoms with van der Waals surface area (Å²) in [6, 6.07) is 10.5. The van der Waals surface area contributed by atoms with Crippen LogP contribution >= 0.6 is 11.3 Å². The van der Waals surface area contributed by atoms with Gasteiger partial charge < -0.3 is 15.0 Å². The lowest BCUT2D eigenvalue weighted by atomic mass is 10.2. The van der Waals surface area contributed by atoms with E-state index in [-0.39, 0.29) is 24.2 Å². The summed E-state index contributed by atoms with van der Waals surface area (Å²) >= 11 is 1.38. The molecule has 0 radical (unpaired) electrons. The number of hydrogen-bond acceptors (Lipinski definition) is 5. The van der Waals surface area contributed by atoms with Crippen molar-refractivity contribution in [2.45, 2.75) is 25.7 Å². The van der Waals surface area contributed by atoms with Crippen molar-refractivity contribution in [1.82, 2.24) is 5.32 Å². The van der Waals surface area contributed by atoms with E-state index in [1.165, 1.54) is 11.3 Å². The lowest BCUT2D eigenvalue weighted by Gasteiger charge is -2.15. The van der Waals surface area contributed by atoms with Crippen molar-refractivity contribution >= 4 is 34.8 Å². The topological polar surface area (TPSA) is 75.7 Å². The van der Waals surface area contributed by atoms with Gasteiger partial charge in [0.1, 0.15) is 5.75 Å². The fraction of sp³-hybridized carbons (Fsp3) is 0.316. The van der Waals surface area contributed by atoms with Gasteiger partial charge in [0.25, 0.3) is 5.91 Å². The van der Waals surface area contributed by atoms with E-state index in [0.29, 0.717) is 30.0 Å². The van der Waals surface area contributed by atoms with Crippen LogP contribution in [0.3, 0.4) is 0 Å². The van der Waals surface area contributed by atoms with Gasteiger partial charge in [-0.25, -0.2) is 0 Å². The van der Waals surface area contributed by atoms with E-state index in [1.807, 2.05) is 11.4 Å². The molecule has 7 heteroatoms. The normalized spacial score (nSPS) is 13.7. The second-order valence-corrected chi connectivity index (χ2v) is 6.90. The van der Waals surface area contributed by atoms with E-state index in [2.05, 4.69) is 5.32 Å². The number of carbonyl (C=O) groups excluding carboxylic acids is 3. The zero-order chi connectivity index (χ0) is 18.4. The highest BCUT2D eigenvalue weighted by Gasteiger charge is 2.21. The number of hydrogen-bond donors (Lipinski definition) is 1. The number of nitrogens with one attached hydrogen (secondary N) is 1. The molecule has 0 atom stereocenters. The summed E-state index contributed by atoms with van der Waals surface area (Å²) in [7, 11) is 0. The van der Waals surface area contributed by atoms with Gasteiger partial charge in [-0.2, -0.15) is 0 Å². The van der Waals surface area contributed by atoms with E-state index in [9.17, 15) is 14.4 Å². The zero-order valence-corrected chi connectivity index (χ0v) is 15.1. The van der Waals surface area contributed by atoms with Gasteiger partial charge in [0.05, 0.1) is 4.88 Å². The third-order valence-corrected chi connectivity index (χ3v) is 4.91. The summed E-state index contributed by atoms with van der Waals surface area (Å²) < 4.78 is 5.29. The van der Waals surface area contributed by atoms with Crippen LogP contribution in [-0.2, 0) is 9.59 Å². The lowest BCUT2D eigenvalue weighted by Crippen LogP contribution is -2.24. The summed E-state index contributed by atoms with van der Waals surface area (Å²) in [5, 5.41) is 4.62. The summed E-state index contributed by atoms with van der Waals surface area (Å²) in [6.45, 7) is 1.15. The number of esters is 1. The Balaban J connectivity index is 1.39. The predicted molar refractivity (Wildman–Crippen MR) is 99.6 cm³/mol. The van der Waals surface area contributed by atoms with Crippen molar-refractivity contribution in [1.29, 1.82) is 0 Å². The summed E-state index contributed by atoms with van der Waals surface area (Å²) in [5.74, 6) is 0.105. The molecule has 26 heavy (non-hydrogen) atoms. The Hall–Kier alpha value is -2.67. The van der Waals surface area contributed by atoms with Crippen LogP contribution in [0, 0.1) is 0 Å². The van der Waals surface area contributed by atoms with Gasteiger partial charge >= 0.3 is 5.97 Å². The Morgan fingerprint density at radius 3 is 2.65 bits per heavy atom. The fourth-order valence-corrected chi connectivity index (χ4v) is 3.37. The van der Waals surface area contributed by atoms with Crippen LogP contribution in [0.2, 0.25) is 0 Å². The standard InChI is InChI=1S/C19H20N2O4S/c22-17-5-2-12-21(17)14-7-9-15(10-8-14)25-18(23)6-1-11-20-19(24)16-4-3-13-26-16/h3-4,7-10,13H,1-2,5-6,11-12H2,(H,20,24). The Morgan fingerprint density at radius 1 is 1.19 bits per heavy atom. The molecular formula is C19H20N2O4S. The maximum Gasteiger partial charge on any atom is 0.311 e. The molecule has 136 valence electrons. The molecular weight excluding hydrogens is 352 g/mol. The quantitative estimate of drug-likeness (QED) is 0.461. The largest absolute Gasteiger partial charge is 0.427 e. The third kappa shape index (κ3) is 4.70. The highest BCUT2D eigenvalue weighted by Crippen LogP contribution is 2.24. The average Bonchev–Trinajstić information content (AvgIpc) is 3.31. The average molecular weight is 372 g/mol. The number of nitrogens with zero attached hydrogens (tertiary/aromatic N) is 1. The van der Waals surface area contributed by atoms with Gasteiger partial charge in [-0.05, 0) is 48.6 Å². The maximum absolute atomic E-state index is 11.9. The Labute approximate surface area is 155 Å². The molecule has 6 nitrogen and oxygen atoms in total. The first-order chi connectivity index (χ1) is 12.6. The molecule has 1 N–H and O–H groups in total. The van der Waals surface area contributed by atoms with Crippen molar-refractivity contribution in [3.8, 4) is 5.75 Å². The van der Waals surface area contributed by atoms with E-state index in [0.717, 1.165) is 18.7 Å². The number of thiophene rings is 1. The molecule has 0 saturated carbocycles. The van der Waals surface area contributed by atoms with Crippen molar-refractivity contribution in [3.63, 3.8) is 0 Å². The molecule has 1 fully saturated rings. The Morgan fingerprint density at radius 2 is 2.00 bits per heavy atom. The highest BCUT2D eigenvalue weighted by atomic mass is 32.1. The van der Waals surface area contributed by atoms with Crippen LogP contribution in [-0.4, -0.2) is 30.9 Å². The van der Waals surface area contributed by atoms with Gasteiger partial charge in [-0.3, -0.25) is 14.4 Å². The molecule has 1 saturated heterocycles. The summed E-state index contributed by atoms with van der Waals surface area (Å²) in [4.78, 5) is 37.8. The number of anilines is 1. The second kappa shape index (κ2) is 8.62. The van der Waals surface area contributed by atoms with Crippen LogP contribution in [0.25, 0.3) is 0 Å². The van der Waals surface area contributed by atoms with Crippen LogP contribution < -0.4 is 15.0 Å². The van der Waals surface area contributed by atoms with Gasteiger partial charge in [0.2, 0.25) is 5.91 Å². The SMILES string of the molecule is O=C(CCCNC(=O)c1cccs1)Oc1ccc(N2CCCC2=O)cc1. The minimum absolute atomic E-state index is 0.124. The highest BCUT2D eigenvalue weighted by molar-refractivity contribution is 7.12. The second-order valence-electron chi connectivity index (χ2n) is 5.95. The van der Waals surface area contributed by atoms with Crippen molar-refractivity contribution in [3.05, 3.63) is 46.7 Å². The van der Waals surface area contributed by atoms with Gasteiger partial charge in [0, 0.05) is 31.6 Å². The van der Waals surface area contributed by atoms with E-state index < -0.39 is 0 Å².